The van der Waals surface area contributed by atoms with E-state index in [-0.39, 0.29) is 5.41 Å². The molecule has 0 aromatic heterocycles. The first-order chi connectivity index (χ1) is 11.0. The molecule has 0 aromatic rings. The quantitative estimate of drug-likeness (QED) is 0.804. The lowest BCUT2D eigenvalue weighted by Gasteiger charge is -2.57. The Bertz CT molecular complexity index is 536. The molecular formula is C21H32O2. The van der Waals surface area contributed by atoms with Crippen LogP contribution in [0.3, 0.4) is 0 Å². The third-order valence-corrected chi connectivity index (χ3v) is 8.52. The molecule has 0 spiro atoms. The molecule has 0 radical (unpaired) electrons. The van der Waals surface area contributed by atoms with Crippen molar-refractivity contribution in [2.75, 3.05) is 0 Å². The molecule has 4 rings (SSSR count). The largest absolute Gasteiger partial charge is 0.389 e. The molecule has 6 atom stereocenters. The van der Waals surface area contributed by atoms with Crippen LogP contribution >= 0.6 is 0 Å². The molecule has 2 unspecified atom stereocenters. The van der Waals surface area contributed by atoms with Gasteiger partial charge < -0.3 is 5.11 Å². The fraction of sp³-hybridized carbons (Fsp3) is 0.857. The Hall–Kier alpha value is -0.630. The highest BCUT2D eigenvalue weighted by molar-refractivity contribution is 5.91. The summed E-state index contributed by atoms with van der Waals surface area (Å²) in [6.45, 7) is 4.49. The zero-order valence-electron chi connectivity index (χ0n) is 14.8. The Kier molecular flexibility index (Phi) is 3.75. The van der Waals surface area contributed by atoms with Gasteiger partial charge in [-0.2, -0.15) is 0 Å². The third-order valence-electron chi connectivity index (χ3n) is 8.52. The number of aliphatic hydroxyl groups is 1. The van der Waals surface area contributed by atoms with Gasteiger partial charge in [-0.1, -0.05) is 19.4 Å². The number of ketones is 1. The second kappa shape index (κ2) is 5.44. The fourth-order valence-electron chi connectivity index (χ4n) is 7.40. The third kappa shape index (κ3) is 2.06. The number of hydrogen-bond acceptors (Lipinski definition) is 2. The number of allylic oxidation sites excluding steroid dienone is 1. The normalized spacial score (nSPS) is 49.2. The van der Waals surface area contributed by atoms with Crippen LogP contribution in [0.15, 0.2) is 11.6 Å². The molecule has 1 N–H and O–H groups in total. The highest BCUT2D eigenvalue weighted by atomic mass is 16.3. The summed E-state index contributed by atoms with van der Waals surface area (Å²) < 4.78 is 0. The maximum absolute atomic E-state index is 11.8. The van der Waals surface area contributed by atoms with Crippen molar-refractivity contribution in [3.63, 3.8) is 0 Å². The Morgan fingerprint density at radius 2 is 1.87 bits per heavy atom. The molecule has 0 aliphatic heterocycles. The Balaban J connectivity index is 1.65. The predicted molar refractivity (Wildman–Crippen MR) is 92.0 cm³/mol. The van der Waals surface area contributed by atoms with E-state index in [1.54, 1.807) is 0 Å². The zero-order chi connectivity index (χ0) is 16.2. The first-order valence-electron chi connectivity index (χ1n) is 10.0. The van der Waals surface area contributed by atoms with Gasteiger partial charge in [0, 0.05) is 11.8 Å². The lowest BCUT2D eigenvalue weighted by atomic mass is 9.49. The average Bonchev–Trinajstić information content (AvgIpc) is 2.88. The molecule has 128 valence electrons. The van der Waals surface area contributed by atoms with Gasteiger partial charge in [-0.25, -0.2) is 0 Å². The number of fused-ring (bicyclic) bond motifs is 5. The second-order valence-corrected chi connectivity index (χ2v) is 8.78. The van der Waals surface area contributed by atoms with E-state index in [0.717, 1.165) is 56.3 Å². The highest BCUT2D eigenvalue weighted by Crippen LogP contribution is 2.66. The van der Waals surface area contributed by atoms with Gasteiger partial charge in [0.25, 0.3) is 0 Å². The van der Waals surface area contributed by atoms with E-state index in [2.05, 4.69) is 13.8 Å². The minimum Gasteiger partial charge on any atom is -0.389 e. The summed E-state index contributed by atoms with van der Waals surface area (Å²) in [5.74, 6) is 3.33. The summed E-state index contributed by atoms with van der Waals surface area (Å²) in [7, 11) is 0. The summed E-state index contributed by atoms with van der Waals surface area (Å²) in [5, 5.41) is 11.3. The Morgan fingerprint density at radius 1 is 1.04 bits per heavy atom. The Labute approximate surface area is 140 Å². The van der Waals surface area contributed by atoms with Crippen LogP contribution in [0.2, 0.25) is 0 Å². The number of carbonyl (C=O) groups excluding carboxylic acids is 1. The van der Waals surface area contributed by atoms with Gasteiger partial charge in [-0.05, 0) is 87.5 Å². The van der Waals surface area contributed by atoms with E-state index in [1.807, 2.05) is 6.08 Å². The van der Waals surface area contributed by atoms with Crippen LogP contribution in [0.5, 0.6) is 0 Å². The van der Waals surface area contributed by atoms with Crippen LogP contribution in [0.4, 0.5) is 0 Å². The number of carbonyl (C=O) groups is 1. The van der Waals surface area contributed by atoms with Crippen LogP contribution in [0.25, 0.3) is 0 Å². The maximum atomic E-state index is 11.8. The van der Waals surface area contributed by atoms with Crippen LogP contribution < -0.4 is 0 Å². The van der Waals surface area contributed by atoms with Crippen LogP contribution in [-0.2, 0) is 4.79 Å². The molecule has 3 saturated carbocycles. The first-order valence-corrected chi connectivity index (χ1v) is 10.0. The zero-order valence-corrected chi connectivity index (χ0v) is 14.8. The van der Waals surface area contributed by atoms with Gasteiger partial charge in [0.2, 0.25) is 0 Å². The summed E-state index contributed by atoms with van der Waals surface area (Å²) in [4.78, 5) is 11.8. The first kappa shape index (κ1) is 15.9. The van der Waals surface area contributed by atoms with Gasteiger partial charge >= 0.3 is 0 Å². The maximum Gasteiger partial charge on any atom is 0.155 e. The summed E-state index contributed by atoms with van der Waals surface area (Å²) in [6.07, 6.45) is 13.0. The molecule has 4 aliphatic carbocycles. The van der Waals surface area contributed by atoms with E-state index < -0.39 is 5.60 Å². The monoisotopic (exact) mass is 316 g/mol. The van der Waals surface area contributed by atoms with Gasteiger partial charge in [0.1, 0.15) is 0 Å². The number of rotatable bonds is 2. The molecule has 0 heterocycles. The van der Waals surface area contributed by atoms with Crippen LogP contribution in [0, 0.1) is 29.1 Å². The lowest BCUT2D eigenvalue weighted by molar-refractivity contribution is -0.132. The van der Waals surface area contributed by atoms with Gasteiger partial charge in [0.15, 0.2) is 5.78 Å². The molecule has 2 nitrogen and oxygen atoms in total. The molecule has 0 bridgehead atoms. The molecular weight excluding hydrogens is 284 g/mol. The van der Waals surface area contributed by atoms with E-state index in [0.29, 0.717) is 11.7 Å². The molecule has 2 heteroatoms. The van der Waals surface area contributed by atoms with Gasteiger partial charge in [-0.15, -0.1) is 0 Å². The van der Waals surface area contributed by atoms with E-state index in [4.69, 9.17) is 0 Å². The van der Waals surface area contributed by atoms with Crippen molar-refractivity contribution in [1.82, 2.24) is 0 Å². The Morgan fingerprint density at radius 3 is 2.61 bits per heavy atom. The van der Waals surface area contributed by atoms with Gasteiger partial charge in [-0.3, -0.25) is 4.79 Å². The van der Waals surface area contributed by atoms with E-state index >= 15 is 0 Å². The van der Waals surface area contributed by atoms with E-state index in [1.165, 1.54) is 31.3 Å². The molecule has 4 aliphatic rings. The molecule has 3 fully saturated rings. The van der Waals surface area contributed by atoms with E-state index in [9.17, 15) is 9.90 Å². The fourth-order valence-corrected chi connectivity index (χ4v) is 7.40. The van der Waals surface area contributed by atoms with Crippen molar-refractivity contribution < 1.29 is 9.90 Å². The highest BCUT2D eigenvalue weighted by Gasteiger charge is 2.62. The summed E-state index contributed by atoms with van der Waals surface area (Å²) in [5.41, 5.74) is 1.22. The van der Waals surface area contributed by atoms with Crippen LogP contribution in [0.1, 0.15) is 78.1 Å². The number of hydrogen-bond donors (Lipinski definition) is 1. The van der Waals surface area contributed by atoms with Crippen molar-refractivity contribution >= 4 is 5.78 Å². The van der Waals surface area contributed by atoms with Crippen molar-refractivity contribution in [1.29, 1.82) is 0 Å². The van der Waals surface area contributed by atoms with Crippen molar-refractivity contribution in [3.05, 3.63) is 11.6 Å². The topological polar surface area (TPSA) is 37.3 Å². The molecule has 0 aromatic carbocycles. The van der Waals surface area contributed by atoms with Crippen molar-refractivity contribution in [2.24, 2.45) is 29.1 Å². The average molecular weight is 316 g/mol. The predicted octanol–water partition coefficient (Wildman–Crippen LogP) is 4.66. The molecule has 0 amide bonds. The summed E-state index contributed by atoms with van der Waals surface area (Å²) in [6, 6.07) is 0. The van der Waals surface area contributed by atoms with Crippen molar-refractivity contribution in [2.45, 2.75) is 83.7 Å². The van der Waals surface area contributed by atoms with Crippen molar-refractivity contribution in [3.8, 4) is 0 Å². The van der Waals surface area contributed by atoms with Crippen LogP contribution in [-0.4, -0.2) is 16.5 Å². The SMILES string of the molecule is CCC1(O)CC[C@H]2[C@@H]3CCC4=CC(=O)CC[C@@H]4[C@H]3CCC21CC. The minimum absolute atomic E-state index is 0.175. The van der Waals surface area contributed by atoms with Gasteiger partial charge in [0.05, 0.1) is 5.60 Å². The lowest BCUT2D eigenvalue weighted by Crippen LogP contribution is -2.53. The molecule has 0 saturated heterocycles. The second-order valence-electron chi connectivity index (χ2n) is 8.78. The summed E-state index contributed by atoms with van der Waals surface area (Å²) >= 11 is 0. The molecule has 23 heavy (non-hydrogen) atoms. The minimum atomic E-state index is -0.421. The standard InChI is InChI=1S/C21H32O2/c1-3-20-11-9-17-16-8-6-15(22)13-14(16)5-7-18(17)19(20)10-12-21(20,23)4-2/h13,16-19,23H,3-12H2,1-2H3/t16-,17+,18+,19-,20?,21?/m0/s1. The smallest absolute Gasteiger partial charge is 0.155 e.